The third-order valence-electron chi connectivity index (χ3n) is 6.76. The van der Waals surface area contributed by atoms with E-state index >= 15 is 0 Å². The molecule has 0 spiro atoms. The molecule has 5 nitrogen and oxygen atoms in total. The highest BCUT2D eigenvalue weighted by Gasteiger charge is 2.32. The summed E-state index contributed by atoms with van der Waals surface area (Å²) >= 11 is 3.47. The van der Waals surface area contributed by atoms with Crippen molar-refractivity contribution in [2.24, 2.45) is 0 Å². The fourth-order valence-corrected chi connectivity index (χ4v) is 4.91. The largest absolute Gasteiger partial charge is 0.484 e. The number of rotatable bonds is 10. The van der Waals surface area contributed by atoms with Gasteiger partial charge in [0.2, 0.25) is 5.91 Å². The molecule has 3 aromatic rings. The number of ether oxygens (including phenoxy) is 1. The highest BCUT2D eigenvalue weighted by Crippen LogP contribution is 2.23. The monoisotopic (exact) mass is 566 g/mol. The van der Waals surface area contributed by atoms with Gasteiger partial charge in [-0.05, 0) is 55.2 Å². The first-order chi connectivity index (χ1) is 17.9. The van der Waals surface area contributed by atoms with Crippen molar-refractivity contribution in [1.82, 2.24) is 10.2 Å². The number of nitrogens with one attached hydrogen (secondary N) is 1. The average Bonchev–Trinajstić information content (AvgIpc) is 3.41. The molecule has 4 rings (SSSR count). The Kier molecular flexibility index (Phi) is 9.34. The zero-order chi connectivity index (χ0) is 26.2. The van der Waals surface area contributed by atoms with Gasteiger partial charge in [-0.25, -0.2) is 4.39 Å². The van der Waals surface area contributed by atoms with Crippen LogP contribution in [0.15, 0.2) is 77.3 Å². The lowest BCUT2D eigenvalue weighted by Gasteiger charge is -2.32. The van der Waals surface area contributed by atoms with Gasteiger partial charge >= 0.3 is 0 Å². The Morgan fingerprint density at radius 2 is 1.76 bits per heavy atom. The lowest BCUT2D eigenvalue weighted by atomic mass is 10.0. The molecule has 3 aromatic carbocycles. The number of nitrogens with zero attached hydrogens (tertiary/aromatic N) is 1. The summed E-state index contributed by atoms with van der Waals surface area (Å²) in [5.74, 6) is -0.472. The standard InChI is InChI=1S/C30H32BrFN2O3/c1-21-17-25(15-16-26(21)31)37-20-29(35)34(19-23-11-5-8-14-27(23)32)28(18-22-9-3-2-4-10-22)30(36)33-24-12-6-7-13-24/h2-5,8-11,14-17,24,28H,6-7,12-13,18-20H2,1H3,(H,33,36)/t28-/m1/s1. The zero-order valence-corrected chi connectivity index (χ0v) is 22.5. The molecule has 2 amide bonds. The van der Waals surface area contributed by atoms with Gasteiger partial charge in [-0.15, -0.1) is 0 Å². The summed E-state index contributed by atoms with van der Waals surface area (Å²) in [5.41, 5.74) is 2.25. The molecule has 0 heterocycles. The second-order valence-electron chi connectivity index (χ2n) is 9.51. The first-order valence-electron chi connectivity index (χ1n) is 12.7. The highest BCUT2D eigenvalue weighted by molar-refractivity contribution is 9.10. The molecule has 1 aliphatic rings. The normalized spacial score (nSPS) is 14.2. The molecule has 7 heteroatoms. The number of amides is 2. The fraction of sp³-hybridized carbons (Fsp3) is 0.333. The topological polar surface area (TPSA) is 58.6 Å². The molecule has 194 valence electrons. The average molecular weight is 567 g/mol. The molecular weight excluding hydrogens is 535 g/mol. The van der Waals surface area contributed by atoms with Crippen LogP contribution in [0.25, 0.3) is 0 Å². The van der Waals surface area contributed by atoms with Crippen molar-refractivity contribution < 1.29 is 18.7 Å². The summed E-state index contributed by atoms with van der Waals surface area (Å²) < 4.78 is 21.5. The van der Waals surface area contributed by atoms with Crippen LogP contribution < -0.4 is 10.1 Å². The van der Waals surface area contributed by atoms with Crippen LogP contribution in [0.3, 0.4) is 0 Å². The predicted molar refractivity (Wildman–Crippen MR) is 146 cm³/mol. The number of hydrogen-bond acceptors (Lipinski definition) is 3. The van der Waals surface area contributed by atoms with Crippen LogP contribution in [-0.4, -0.2) is 35.4 Å². The molecule has 0 radical (unpaired) electrons. The molecule has 0 bridgehead atoms. The second-order valence-corrected chi connectivity index (χ2v) is 10.4. The van der Waals surface area contributed by atoms with Crippen LogP contribution in [0.1, 0.15) is 42.4 Å². The summed E-state index contributed by atoms with van der Waals surface area (Å²) in [6.45, 7) is 1.63. The zero-order valence-electron chi connectivity index (χ0n) is 21.0. The molecule has 0 aromatic heterocycles. The highest BCUT2D eigenvalue weighted by atomic mass is 79.9. The number of halogens is 2. The quantitative estimate of drug-likeness (QED) is 0.328. The summed E-state index contributed by atoms with van der Waals surface area (Å²) in [6, 6.07) is 20.7. The van der Waals surface area contributed by atoms with Crippen LogP contribution in [0.2, 0.25) is 0 Å². The van der Waals surface area contributed by atoms with Crippen molar-refractivity contribution in [3.63, 3.8) is 0 Å². The Hall–Kier alpha value is -3.19. The van der Waals surface area contributed by atoms with E-state index in [4.69, 9.17) is 4.74 Å². The van der Waals surface area contributed by atoms with Crippen LogP contribution >= 0.6 is 15.9 Å². The van der Waals surface area contributed by atoms with Gasteiger partial charge in [-0.3, -0.25) is 9.59 Å². The molecule has 0 aliphatic heterocycles. The molecular formula is C30H32BrFN2O3. The molecule has 1 atom stereocenters. The van der Waals surface area contributed by atoms with Crippen molar-refractivity contribution in [2.45, 2.75) is 57.7 Å². The van der Waals surface area contributed by atoms with E-state index in [0.717, 1.165) is 41.3 Å². The maximum Gasteiger partial charge on any atom is 0.261 e. The van der Waals surface area contributed by atoms with E-state index in [1.807, 2.05) is 49.4 Å². The second kappa shape index (κ2) is 12.9. The fourth-order valence-electron chi connectivity index (χ4n) is 4.67. The summed E-state index contributed by atoms with van der Waals surface area (Å²) in [7, 11) is 0. The lowest BCUT2D eigenvalue weighted by molar-refractivity contribution is -0.143. The Balaban J connectivity index is 1.62. The number of aryl methyl sites for hydroxylation is 1. The molecule has 1 N–H and O–H groups in total. The molecule has 0 unspecified atom stereocenters. The Bertz CT molecular complexity index is 1210. The number of benzene rings is 3. The molecule has 37 heavy (non-hydrogen) atoms. The first kappa shape index (κ1) is 26.9. The van der Waals surface area contributed by atoms with Gasteiger partial charge < -0.3 is 15.0 Å². The number of carbonyl (C=O) groups excluding carboxylic acids is 2. The van der Waals surface area contributed by atoms with Gasteiger partial charge in [0.15, 0.2) is 6.61 Å². The molecule has 0 saturated heterocycles. The lowest BCUT2D eigenvalue weighted by Crippen LogP contribution is -2.53. The first-order valence-corrected chi connectivity index (χ1v) is 13.5. The third-order valence-corrected chi connectivity index (χ3v) is 7.65. The van der Waals surface area contributed by atoms with E-state index in [0.29, 0.717) is 17.7 Å². The Labute approximate surface area is 226 Å². The van der Waals surface area contributed by atoms with E-state index in [1.165, 1.54) is 11.0 Å². The van der Waals surface area contributed by atoms with Crippen molar-refractivity contribution in [3.8, 4) is 5.75 Å². The molecule has 1 aliphatic carbocycles. The van der Waals surface area contributed by atoms with E-state index in [-0.39, 0.29) is 31.0 Å². The van der Waals surface area contributed by atoms with Crippen molar-refractivity contribution in [1.29, 1.82) is 0 Å². The third kappa shape index (κ3) is 7.41. The summed E-state index contributed by atoms with van der Waals surface area (Å²) in [5, 5.41) is 3.15. The van der Waals surface area contributed by atoms with Gasteiger partial charge in [-0.2, -0.15) is 0 Å². The smallest absolute Gasteiger partial charge is 0.261 e. The minimum atomic E-state index is -0.814. The summed E-state index contributed by atoms with van der Waals surface area (Å²) in [4.78, 5) is 28.7. The van der Waals surface area contributed by atoms with Crippen molar-refractivity contribution in [3.05, 3.63) is 99.8 Å². The van der Waals surface area contributed by atoms with Crippen LogP contribution in [0.4, 0.5) is 4.39 Å². The van der Waals surface area contributed by atoms with Gasteiger partial charge in [0.25, 0.3) is 5.91 Å². The van der Waals surface area contributed by atoms with Crippen LogP contribution in [0, 0.1) is 12.7 Å². The van der Waals surface area contributed by atoms with E-state index in [9.17, 15) is 14.0 Å². The minimum Gasteiger partial charge on any atom is -0.484 e. The molecule has 1 fully saturated rings. The van der Waals surface area contributed by atoms with E-state index in [2.05, 4.69) is 21.2 Å². The maximum absolute atomic E-state index is 14.7. The van der Waals surface area contributed by atoms with Gasteiger partial charge in [-0.1, -0.05) is 77.3 Å². The Morgan fingerprint density at radius 1 is 1.05 bits per heavy atom. The molecule has 1 saturated carbocycles. The van der Waals surface area contributed by atoms with E-state index in [1.54, 1.807) is 24.3 Å². The maximum atomic E-state index is 14.7. The van der Waals surface area contributed by atoms with Crippen molar-refractivity contribution in [2.75, 3.05) is 6.61 Å². The van der Waals surface area contributed by atoms with Crippen molar-refractivity contribution >= 4 is 27.7 Å². The van der Waals surface area contributed by atoms with Crippen LogP contribution in [-0.2, 0) is 22.6 Å². The number of carbonyl (C=O) groups is 2. The SMILES string of the molecule is Cc1cc(OCC(=O)N(Cc2ccccc2F)[C@H](Cc2ccccc2)C(=O)NC2CCCC2)ccc1Br. The van der Waals surface area contributed by atoms with E-state index < -0.39 is 11.9 Å². The Morgan fingerprint density at radius 3 is 2.46 bits per heavy atom. The van der Waals surface area contributed by atoms with Crippen LogP contribution in [0.5, 0.6) is 5.75 Å². The van der Waals surface area contributed by atoms with Gasteiger partial charge in [0.05, 0.1) is 0 Å². The predicted octanol–water partition coefficient (Wildman–Crippen LogP) is 5.97. The van der Waals surface area contributed by atoms with Gasteiger partial charge in [0.1, 0.15) is 17.6 Å². The van der Waals surface area contributed by atoms with Gasteiger partial charge in [0, 0.05) is 29.0 Å². The minimum absolute atomic E-state index is 0.0379. The summed E-state index contributed by atoms with van der Waals surface area (Å²) in [6.07, 6.45) is 4.32. The number of hydrogen-bond donors (Lipinski definition) is 1.